The smallest absolute Gasteiger partial charge is 0.206 e. The van der Waals surface area contributed by atoms with E-state index in [1.54, 1.807) is 0 Å². The number of alkyl halides is 3. The molecule has 4 heteroatoms. The van der Waals surface area contributed by atoms with Crippen LogP contribution in [-0.4, -0.2) is 0 Å². The highest BCUT2D eigenvalue weighted by atomic mass is 19.4. The maximum absolute atomic E-state index is 13.6. The summed E-state index contributed by atoms with van der Waals surface area (Å²) in [5, 5.41) is 0. The summed E-state index contributed by atoms with van der Waals surface area (Å²) in [5.41, 5.74) is -1.82. The molecule has 0 saturated heterocycles. The van der Waals surface area contributed by atoms with Gasteiger partial charge in [0.15, 0.2) is 0 Å². The topological polar surface area (TPSA) is 0 Å². The number of aryl methyl sites for hydroxylation is 1. The van der Waals surface area contributed by atoms with Crippen molar-refractivity contribution in [1.29, 1.82) is 0 Å². The van der Waals surface area contributed by atoms with Crippen molar-refractivity contribution in [3.05, 3.63) is 34.6 Å². The van der Waals surface area contributed by atoms with Crippen LogP contribution >= 0.6 is 0 Å². The predicted octanol–water partition coefficient (Wildman–Crippen LogP) is 3.97. The van der Waals surface area contributed by atoms with E-state index in [0.29, 0.717) is 12.1 Å². The first-order valence-electron chi connectivity index (χ1n) is 6.77. The Bertz CT molecular complexity index is 551. The molecule has 16 heavy (non-hydrogen) atoms. The summed E-state index contributed by atoms with van der Waals surface area (Å²) in [4.78, 5) is 0. The molecule has 0 fully saturated rings. The minimum Gasteiger partial charge on any atom is -0.206 e. The second-order valence-electron chi connectivity index (χ2n) is 3.73. The Hall–Kier alpha value is -1.06. The molecule has 1 aromatic rings. The summed E-state index contributed by atoms with van der Waals surface area (Å²) in [7, 11) is 0. The maximum Gasteiger partial charge on any atom is 0.419 e. The summed E-state index contributed by atoms with van der Waals surface area (Å²) in [5.74, 6) is -2.62. The van der Waals surface area contributed by atoms with Crippen LogP contribution in [0.3, 0.4) is 0 Å². The lowest BCUT2D eigenvalue weighted by molar-refractivity contribution is -0.140. The fraction of sp³-hybridized carbons (Fsp3) is 0.500. The van der Waals surface area contributed by atoms with Gasteiger partial charge in [-0.25, -0.2) is 4.39 Å². The number of halogens is 4. The van der Waals surface area contributed by atoms with Crippen molar-refractivity contribution < 1.29 is 23.0 Å². The fourth-order valence-corrected chi connectivity index (χ4v) is 1.66. The zero-order valence-corrected chi connectivity index (χ0v) is 8.45. The van der Waals surface area contributed by atoms with Crippen LogP contribution in [0.4, 0.5) is 17.6 Å². The second kappa shape index (κ2) is 3.75. The van der Waals surface area contributed by atoms with Crippen molar-refractivity contribution in [3.8, 4) is 0 Å². The van der Waals surface area contributed by atoms with Gasteiger partial charge in [-0.1, -0.05) is 6.92 Å². The van der Waals surface area contributed by atoms with Crippen LogP contribution in [0.25, 0.3) is 0 Å². The highest BCUT2D eigenvalue weighted by Gasteiger charge is 2.35. The number of hydrogen-bond donors (Lipinski definition) is 0. The second-order valence-corrected chi connectivity index (χ2v) is 3.73. The number of hydrogen-bond acceptors (Lipinski definition) is 0. The molecule has 1 unspecified atom stereocenters. The monoisotopic (exact) mass is 236 g/mol. The van der Waals surface area contributed by atoms with Crippen LogP contribution in [0.1, 0.15) is 35.5 Å². The molecule has 0 spiro atoms. The quantitative estimate of drug-likeness (QED) is 0.598. The van der Waals surface area contributed by atoms with Crippen LogP contribution < -0.4 is 0 Å². The van der Waals surface area contributed by atoms with E-state index >= 15 is 0 Å². The molecule has 88 valence electrons. The number of fused-ring (bicyclic) bond motifs is 1. The van der Waals surface area contributed by atoms with Gasteiger partial charge >= 0.3 is 6.18 Å². The Morgan fingerprint density at radius 2 is 2.00 bits per heavy atom. The summed E-state index contributed by atoms with van der Waals surface area (Å²) in [6.45, 7) is 1.33. The lowest BCUT2D eigenvalue weighted by atomic mass is 9.84. The molecule has 1 atom stereocenters. The normalized spacial score (nSPS) is 30.7. The average molecular weight is 236 g/mol. The first kappa shape index (κ1) is 7.30. The SMILES string of the molecule is [2H]C1([2H])Cc2cc(C(F)(F)F)c(F)cc2C([2H])([2H])C1C. The van der Waals surface area contributed by atoms with Gasteiger partial charge in [-0.15, -0.1) is 0 Å². The first-order valence-corrected chi connectivity index (χ1v) is 4.77. The Morgan fingerprint density at radius 3 is 2.62 bits per heavy atom. The molecular weight excluding hydrogens is 220 g/mol. The van der Waals surface area contributed by atoms with Gasteiger partial charge in [-0.3, -0.25) is 0 Å². The summed E-state index contributed by atoms with van der Waals surface area (Å²) < 4.78 is 82.8. The van der Waals surface area contributed by atoms with Gasteiger partial charge in [0, 0.05) is 5.48 Å². The lowest BCUT2D eigenvalue weighted by Crippen LogP contribution is -2.15. The van der Waals surface area contributed by atoms with Crippen molar-refractivity contribution in [2.45, 2.75) is 32.3 Å². The summed E-state index contributed by atoms with van der Waals surface area (Å²) >= 11 is 0. The minimum atomic E-state index is -4.89. The zero-order valence-electron chi connectivity index (χ0n) is 12.5. The molecule has 0 saturated carbocycles. The van der Waals surface area contributed by atoms with E-state index in [2.05, 4.69) is 0 Å². The maximum atomic E-state index is 13.6. The molecule has 0 amide bonds. The third kappa shape index (κ3) is 2.06. The highest BCUT2D eigenvalue weighted by Crippen LogP contribution is 2.35. The van der Waals surface area contributed by atoms with Gasteiger partial charge in [-0.2, -0.15) is 13.2 Å². The Balaban J connectivity index is 2.68. The van der Waals surface area contributed by atoms with Gasteiger partial charge in [0.1, 0.15) is 5.82 Å². The first-order chi connectivity index (χ1) is 8.87. The molecule has 0 bridgehead atoms. The van der Waals surface area contributed by atoms with E-state index in [-0.39, 0.29) is 17.5 Å². The number of rotatable bonds is 0. The van der Waals surface area contributed by atoms with Crippen molar-refractivity contribution in [2.24, 2.45) is 5.92 Å². The lowest BCUT2D eigenvalue weighted by Gasteiger charge is -2.22. The molecule has 0 heterocycles. The number of benzene rings is 1. The van der Waals surface area contributed by atoms with Crippen molar-refractivity contribution in [2.75, 3.05) is 0 Å². The van der Waals surface area contributed by atoms with Crippen molar-refractivity contribution >= 4 is 0 Å². The Morgan fingerprint density at radius 1 is 1.31 bits per heavy atom. The van der Waals surface area contributed by atoms with E-state index < -0.39 is 36.2 Å². The summed E-state index contributed by atoms with van der Waals surface area (Å²) in [6.07, 6.45) is -9.47. The summed E-state index contributed by atoms with van der Waals surface area (Å²) in [6, 6.07) is 1.07. The average Bonchev–Trinajstić information content (AvgIpc) is 2.26. The Labute approximate surface area is 96.9 Å². The molecule has 0 nitrogen and oxygen atoms in total. The van der Waals surface area contributed by atoms with E-state index in [4.69, 9.17) is 5.48 Å². The van der Waals surface area contributed by atoms with Gasteiger partial charge in [0.2, 0.25) is 0 Å². The molecular formula is C12H12F4. The van der Waals surface area contributed by atoms with Gasteiger partial charge in [0.05, 0.1) is 5.56 Å². The molecule has 1 aromatic carbocycles. The van der Waals surface area contributed by atoms with Crippen LogP contribution in [-0.2, 0) is 19.0 Å². The third-order valence-corrected chi connectivity index (χ3v) is 2.47. The van der Waals surface area contributed by atoms with E-state index in [0.717, 1.165) is 0 Å². The molecule has 0 aliphatic heterocycles. The van der Waals surface area contributed by atoms with Gasteiger partial charge in [0.25, 0.3) is 0 Å². The largest absolute Gasteiger partial charge is 0.419 e. The van der Waals surface area contributed by atoms with Crippen molar-refractivity contribution in [1.82, 2.24) is 0 Å². The minimum absolute atomic E-state index is 0.133. The van der Waals surface area contributed by atoms with E-state index in [9.17, 15) is 17.6 Å². The van der Waals surface area contributed by atoms with Gasteiger partial charge in [-0.05, 0) is 48.3 Å². The molecule has 0 aromatic heterocycles. The van der Waals surface area contributed by atoms with Crippen LogP contribution in [0, 0.1) is 11.7 Å². The van der Waals surface area contributed by atoms with Crippen molar-refractivity contribution in [3.63, 3.8) is 0 Å². The van der Waals surface area contributed by atoms with E-state index in [1.165, 1.54) is 6.92 Å². The molecule has 1 aliphatic rings. The molecule has 1 aliphatic carbocycles. The molecule has 0 radical (unpaired) electrons. The standard InChI is InChI=1S/C12H12F4/c1-7-2-3-8-5-10(12(14,15)16)11(13)6-9(8)4-7/h5-7H,2-4H2,1H3/i2D2,4D2. The van der Waals surface area contributed by atoms with E-state index in [1.807, 2.05) is 0 Å². The van der Waals surface area contributed by atoms with Crippen LogP contribution in [0.15, 0.2) is 12.1 Å². The highest BCUT2D eigenvalue weighted by molar-refractivity contribution is 5.36. The zero-order chi connectivity index (χ0) is 15.5. The molecule has 2 rings (SSSR count). The van der Waals surface area contributed by atoms with Gasteiger partial charge < -0.3 is 0 Å². The molecule has 0 N–H and O–H groups in total. The predicted molar refractivity (Wildman–Crippen MR) is 52.6 cm³/mol. The Kier molecular flexibility index (Phi) is 1.71. The van der Waals surface area contributed by atoms with Crippen LogP contribution in [0.5, 0.6) is 0 Å². The van der Waals surface area contributed by atoms with Crippen LogP contribution in [0.2, 0.25) is 0 Å². The third-order valence-electron chi connectivity index (χ3n) is 2.47. The fourth-order valence-electron chi connectivity index (χ4n) is 1.66.